The third-order valence-corrected chi connectivity index (χ3v) is 5.48. The molecule has 0 aliphatic heterocycles. The van der Waals surface area contributed by atoms with Gasteiger partial charge in [0.25, 0.3) is 5.91 Å². The maximum atomic E-state index is 12.9. The third-order valence-electron chi connectivity index (χ3n) is 4.56. The quantitative estimate of drug-likeness (QED) is 0.392. The van der Waals surface area contributed by atoms with E-state index in [1.54, 1.807) is 24.5 Å². The van der Waals surface area contributed by atoms with Crippen LogP contribution in [0.15, 0.2) is 54.2 Å². The zero-order valence-corrected chi connectivity index (χ0v) is 17.1. The van der Waals surface area contributed by atoms with E-state index in [4.69, 9.17) is 5.73 Å². The molecule has 5 aromatic rings. The van der Waals surface area contributed by atoms with Crippen LogP contribution >= 0.6 is 11.3 Å². The SMILES string of the molecule is Cc1ccc2c(NC(=O)c3nc(N)c4sccc4n3)nc(Nc3ncccn3)cc2c1. The molecule has 0 aliphatic rings. The van der Waals surface area contributed by atoms with Gasteiger partial charge in [0.1, 0.15) is 17.5 Å². The summed E-state index contributed by atoms with van der Waals surface area (Å²) in [6.07, 6.45) is 3.26. The van der Waals surface area contributed by atoms with Gasteiger partial charge < -0.3 is 16.4 Å². The van der Waals surface area contributed by atoms with Crippen molar-refractivity contribution in [3.63, 3.8) is 0 Å². The number of pyridine rings is 1. The molecule has 4 N–H and O–H groups in total. The molecule has 4 heterocycles. The molecule has 152 valence electrons. The first-order valence-electron chi connectivity index (χ1n) is 9.34. The lowest BCUT2D eigenvalue weighted by atomic mass is 10.1. The number of carbonyl (C=O) groups excluding carboxylic acids is 1. The second kappa shape index (κ2) is 7.58. The molecule has 0 unspecified atom stereocenters. The molecule has 4 aromatic heterocycles. The molecule has 0 radical (unpaired) electrons. The average molecular weight is 428 g/mol. The predicted octanol–water partition coefficient (Wildman–Crippen LogP) is 3.92. The van der Waals surface area contributed by atoms with Crippen LogP contribution < -0.4 is 16.4 Å². The van der Waals surface area contributed by atoms with Crippen molar-refractivity contribution in [2.24, 2.45) is 0 Å². The van der Waals surface area contributed by atoms with Crippen LogP contribution in [0.3, 0.4) is 0 Å². The van der Waals surface area contributed by atoms with E-state index in [9.17, 15) is 4.79 Å². The lowest BCUT2D eigenvalue weighted by Crippen LogP contribution is -2.18. The zero-order valence-electron chi connectivity index (χ0n) is 16.3. The first-order valence-corrected chi connectivity index (χ1v) is 10.2. The number of nitrogens with two attached hydrogens (primary N) is 1. The number of carbonyl (C=O) groups is 1. The largest absolute Gasteiger partial charge is 0.382 e. The van der Waals surface area contributed by atoms with E-state index in [0.29, 0.717) is 23.1 Å². The highest BCUT2D eigenvalue weighted by Crippen LogP contribution is 2.28. The van der Waals surface area contributed by atoms with Gasteiger partial charge >= 0.3 is 0 Å². The Morgan fingerprint density at radius 3 is 2.74 bits per heavy atom. The van der Waals surface area contributed by atoms with Crippen LogP contribution in [0.2, 0.25) is 0 Å². The first kappa shape index (κ1) is 18.8. The van der Waals surface area contributed by atoms with Crippen molar-refractivity contribution in [3.05, 3.63) is 65.6 Å². The minimum Gasteiger partial charge on any atom is -0.382 e. The van der Waals surface area contributed by atoms with E-state index in [1.807, 2.05) is 36.6 Å². The normalized spacial score (nSPS) is 11.0. The minimum absolute atomic E-state index is 0.0183. The first-order chi connectivity index (χ1) is 15.1. The van der Waals surface area contributed by atoms with E-state index in [2.05, 4.69) is 35.6 Å². The Kier molecular flexibility index (Phi) is 4.60. The molecule has 1 amide bonds. The van der Waals surface area contributed by atoms with Gasteiger partial charge in [0.15, 0.2) is 0 Å². The van der Waals surface area contributed by atoms with Crippen molar-refractivity contribution >= 4 is 61.6 Å². The topological polar surface area (TPSA) is 132 Å². The maximum absolute atomic E-state index is 12.9. The summed E-state index contributed by atoms with van der Waals surface area (Å²) in [6.45, 7) is 2.00. The van der Waals surface area contributed by atoms with E-state index in [0.717, 1.165) is 21.0 Å². The zero-order chi connectivity index (χ0) is 21.4. The molecule has 1 aromatic carbocycles. The number of nitrogens with one attached hydrogen (secondary N) is 2. The van der Waals surface area contributed by atoms with Crippen molar-refractivity contribution in [2.45, 2.75) is 6.92 Å². The molecule has 5 rings (SSSR count). The number of aromatic nitrogens is 5. The number of aryl methyl sites for hydroxylation is 1. The van der Waals surface area contributed by atoms with Crippen LogP contribution in [0.25, 0.3) is 21.0 Å². The van der Waals surface area contributed by atoms with Crippen molar-refractivity contribution < 1.29 is 4.79 Å². The molecule has 31 heavy (non-hydrogen) atoms. The predicted molar refractivity (Wildman–Crippen MR) is 122 cm³/mol. The molecule has 9 nitrogen and oxygen atoms in total. The maximum Gasteiger partial charge on any atom is 0.294 e. The van der Waals surface area contributed by atoms with E-state index in [1.165, 1.54) is 11.3 Å². The van der Waals surface area contributed by atoms with Gasteiger partial charge in [-0.15, -0.1) is 11.3 Å². The number of nitrogen functional groups attached to an aromatic ring is 1. The van der Waals surface area contributed by atoms with Crippen LogP contribution in [0.4, 0.5) is 23.4 Å². The van der Waals surface area contributed by atoms with Gasteiger partial charge in [-0.25, -0.2) is 24.9 Å². The fourth-order valence-corrected chi connectivity index (χ4v) is 3.90. The number of hydrogen-bond donors (Lipinski definition) is 3. The lowest BCUT2D eigenvalue weighted by molar-refractivity contribution is 0.101. The summed E-state index contributed by atoms with van der Waals surface area (Å²) in [4.78, 5) is 34.3. The Morgan fingerprint density at radius 1 is 1.06 bits per heavy atom. The van der Waals surface area contributed by atoms with Crippen LogP contribution in [0, 0.1) is 6.92 Å². The van der Waals surface area contributed by atoms with Gasteiger partial charge in [-0.3, -0.25) is 4.79 Å². The molecule has 10 heteroatoms. The highest BCUT2D eigenvalue weighted by molar-refractivity contribution is 7.17. The molecular weight excluding hydrogens is 412 g/mol. The molecule has 0 saturated heterocycles. The molecule has 0 bridgehead atoms. The fourth-order valence-electron chi connectivity index (χ4n) is 3.17. The fraction of sp³-hybridized carbons (Fsp3) is 0.0476. The summed E-state index contributed by atoms with van der Waals surface area (Å²) in [7, 11) is 0. The minimum atomic E-state index is -0.498. The molecule has 0 spiro atoms. The number of fused-ring (bicyclic) bond motifs is 2. The van der Waals surface area contributed by atoms with Gasteiger partial charge in [-0.1, -0.05) is 23.8 Å². The van der Waals surface area contributed by atoms with Crippen LogP contribution in [-0.4, -0.2) is 30.8 Å². The van der Waals surface area contributed by atoms with Gasteiger partial charge in [-0.2, -0.15) is 0 Å². The van der Waals surface area contributed by atoms with Crippen molar-refractivity contribution in [1.82, 2.24) is 24.9 Å². The van der Waals surface area contributed by atoms with E-state index in [-0.39, 0.29) is 11.6 Å². The third kappa shape index (κ3) is 3.71. The van der Waals surface area contributed by atoms with Crippen LogP contribution in [-0.2, 0) is 0 Å². The molecule has 0 saturated carbocycles. The summed E-state index contributed by atoms with van der Waals surface area (Å²) in [5, 5.41) is 9.42. The number of benzene rings is 1. The summed E-state index contributed by atoms with van der Waals surface area (Å²) in [5.74, 6) is 1.02. The Hall–Kier alpha value is -4.18. The second-order valence-electron chi connectivity index (χ2n) is 6.80. The molecular formula is C21H16N8OS. The van der Waals surface area contributed by atoms with Crippen molar-refractivity contribution in [1.29, 1.82) is 0 Å². The Morgan fingerprint density at radius 2 is 1.90 bits per heavy atom. The van der Waals surface area contributed by atoms with Gasteiger partial charge in [0.05, 0.1) is 10.2 Å². The Bertz CT molecular complexity index is 1430. The standard InChI is InChI=1S/C21H16N8OS/c1-11-3-4-13-12(9-11)10-15(27-21-23-6-2-7-24-21)26-18(13)29-20(30)19-25-14-5-8-31-16(14)17(22)28-19/h2-10H,1H3,(H2,22,25,28)(H2,23,24,26,27,29,30). The van der Waals surface area contributed by atoms with Gasteiger partial charge in [0, 0.05) is 17.8 Å². The number of amides is 1. The van der Waals surface area contributed by atoms with Gasteiger partial charge in [-0.05, 0) is 35.9 Å². The van der Waals surface area contributed by atoms with Crippen molar-refractivity contribution in [2.75, 3.05) is 16.4 Å². The van der Waals surface area contributed by atoms with Crippen molar-refractivity contribution in [3.8, 4) is 0 Å². The number of hydrogen-bond acceptors (Lipinski definition) is 9. The smallest absolute Gasteiger partial charge is 0.294 e. The van der Waals surface area contributed by atoms with E-state index >= 15 is 0 Å². The summed E-state index contributed by atoms with van der Waals surface area (Å²) >= 11 is 1.43. The number of nitrogens with zero attached hydrogens (tertiary/aromatic N) is 5. The average Bonchev–Trinajstić information content (AvgIpc) is 3.23. The van der Waals surface area contributed by atoms with Crippen LogP contribution in [0.1, 0.15) is 16.2 Å². The lowest BCUT2D eigenvalue weighted by Gasteiger charge is -2.12. The summed E-state index contributed by atoms with van der Waals surface area (Å²) in [6, 6.07) is 11.3. The highest BCUT2D eigenvalue weighted by atomic mass is 32.1. The molecule has 0 atom stereocenters. The van der Waals surface area contributed by atoms with Gasteiger partial charge in [0.2, 0.25) is 11.8 Å². The molecule has 0 fully saturated rings. The second-order valence-corrected chi connectivity index (χ2v) is 7.72. The van der Waals surface area contributed by atoms with E-state index < -0.39 is 5.91 Å². The number of thiophene rings is 1. The Labute approximate surface area is 180 Å². The number of rotatable bonds is 4. The monoisotopic (exact) mass is 428 g/mol. The number of anilines is 4. The Balaban J connectivity index is 1.54. The summed E-state index contributed by atoms with van der Waals surface area (Å²) < 4.78 is 0.754. The summed E-state index contributed by atoms with van der Waals surface area (Å²) in [5.41, 5.74) is 7.70. The van der Waals surface area contributed by atoms with Crippen LogP contribution in [0.5, 0.6) is 0 Å². The molecule has 0 aliphatic carbocycles. The highest BCUT2D eigenvalue weighted by Gasteiger charge is 2.17.